The highest BCUT2D eigenvalue weighted by Crippen LogP contribution is 2.25. The van der Waals surface area contributed by atoms with Crippen LogP contribution in [0.15, 0.2) is 45.5 Å². The average Bonchev–Trinajstić information content (AvgIpc) is 3.24. The van der Waals surface area contributed by atoms with E-state index in [1.165, 1.54) is 0 Å². The molecule has 2 heterocycles. The van der Waals surface area contributed by atoms with Gasteiger partial charge in [0, 0.05) is 11.6 Å². The lowest BCUT2D eigenvalue weighted by Gasteiger charge is -2.27. The van der Waals surface area contributed by atoms with Gasteiger partial charge in [0.15, 0.2) is 14.5 Å². The summed E-state index contributed by atoms with van der Waals surface area (Å²) in [5.74, 6) is 1.19. The Morgan fingerprint density at radius 1 is 1.25 bits per heavy atom. The summed E-state index contributed by atoms with van der Waals surface area (Å²) < 4.78 is 35.6. The van der Waals surface area contributed by atoms with Gasteiger partial charge >= 0.3 is 0 Å². The lowest BCUT2D eigenvalue weighted by Crippen LogP contribution is -2.40. The van der Waals surface area contributed by atoms with Crippen molar-refractivity contribution in [2.75, 3.05) is 18.1 Å². The highest BCUT2D eigenvalue weighted by atomic mass is 79.9. The monoisotopic (exact) mass is 469 g/mol. The van der Waals surface area contributed by atoms with Crippen molar-refractivity contribution in [3.05, 3.63) is 52.4 Å². The summed E-state index contributed by atoms with van der Waals surface area (Å²) in [4.78, 5) is 14.8. The Hall–Kier alpha value is -1.80. The number of hydrogen-bond acceptors (Lipinski definition) is 5. The summed E-state index contributed by atoms with van der Waals surface area (Å²) in [6.45, 7) is 2.96. The highest BCUT2D eigenvalue weighted by Gasteiger charge is 2.35. The van der Waals surface area contributed by atoms with Gasteiger partial charge in [-0.15, -0.1) is 0 Å². The molecule has 0 spiro atoms. The van der Waals surface area contributed by atoms with E-state index < -0.39 is 9.84 Å². The van der Waals surface area contributed by atoms with E-state index in [-0.39, 0.29) is 30.0 Å². The van der Waals surface area contributed by atoms with Crippen LogP contribution in [0.3, 0.4) is 0 Å². The van der Waals surface area contributed by atoms with Crippen LogP contribution >= 0.6 is 15.9 Å². The Kier molecular flexibility index (Phi) is 6.82. The normalized spacial score (nSPS) is 18.1. The van der Waals surface area contributed by atoms with Gasteiger partial charge in [0.25, 0.3) is 5.91 Å². The van der Waals surface area contributed by atoms with E-state index in [0.29, 0.717) is 29.0 Å². The maximum Gasteiger partial charge on any atom is 0.254 e. The molecule has 1 amide bonds. The summed E-state index contributed by atoms with van der Waals surface area (Å²) in [5, 5.41) is 0. The van der Waals surface area contributed by atoms with Gasteiger partial charge in [-0.05, 0) is 65.2 Å². The second-order valence-electron chi connectivity index (χ2n) is 6.92. The number of benzene rings is 1. The fourth-order valence-corrected chi connectivity index (χ4v) is 5.26. The van der Waals surface area contributed by atoms with Crippen LogP contribution in [-0.4, -0.2) is 43.4 Å². The van der Waals surface area contributed by atoms with Gasteiger partial charge in [-0.3, -0.25) is 4.79 Å². The lowest BCUT2D eigenvalue weighted by molar-refractivity contribution is 0.0665. The summed E-state index contributed by atoms with van der Waals surface area (Å²) >= 11 is 3.26. The predicted octanol–water partition coefficient (Wildman–Crippen LogP) is 4.05. The van der Waals surface area contributed by atoms with E-state index in [4.69, 9.17) is 9.15 Å². The number of hydrogen-bond donors (Lipinski definition) is 0. The molecular weight excluding hydrogens is 446 g/mol. The summed E-state index contributed by atoms with van der Waals surface area (Å²) in [6, 6.07) is 10.2. The summed E-state index contributed by atoms with van der Waals surface area (Å²) in [7, 11) is -3.12. The molecule has 1 aromatic heterocycles. The Bertz CT molecular complexity index is 907. The number of amides is 1. The molecule has 1 aliphatic rings. The predicted molar refractivity (Wildman–Crippen MR) is 110 cm³/mol. The van der Waals surface area contributed by atoms with Gasteiger partial charge in [0.1, 0.15) is 11.5 Å². The van der Waals surface area contributed by atoms with E-state index in [2.05, 4.69) is 22.9 Å². The third-order valence-corrected chi connectivity index (χ3v) is 6.91. The molecular formula is C20H24BrNO5S. The van der Waals surface area contributed by atoms with Crippen LogP contribution in [0, 0.1) is 0 Å². The molecule has 0 aliphatic carbocycles. The molecule has 8 heteroatoms. The number of rotatable bonds is 8. The smallest absolute Gasteiger partial charge is 0.254 e. The summed E-state index contributed by atoms with van der Waals surface area (Å²) in [5.41, 5.74) is 0.498. The molecule has 1 saturated heterocycles. The van der Waals surface area contributed by atoms with E-state index in [1.54, 1.807) is 41.3 Å². The number of carbonyl (C=O) groups excluding carboxylic acids is 1. The molecule has 3 rings (SSSR count). The van der Waals surface area contributed by atoms with Gasteiger partial charge in [0.2, 0.25) is 0 Å². The SMILES string of the molecule is CCCCOc1ccc(C(=O)N(Cc2ccc(Br)o2)[C@H]2CCS(=O)(=O)C2)cc1. The van der Waals surface area contributed by atoms with Crippen molar-refractivity contribution < 1.29 is 22.4 Å². The number of ether oxygens (including phenoxy) is 1. The van der Waals surface area contributed by atoms with Crippen molar-refractivity contribution in [1.29, 1.82) is 0 Å². The molecule has 1 aliphatic heterocycles. The van der Waals surface area contributed by atoms with Crippen LogP contribution in [0.1, 0.15) is 42.3 Å². The third kappa shape index (κ3) is 5.38. The molecule has 1 aromatic carbocycles. The number of nitrogens with zero attached hydrogens (tertiary/aromatic N) is 1. The van der Waals surface area contributed by atoms with Gasteiger partial charge in [-0.25, -0.2) is 8.42 Å². The average molecular weight is 470 g/mol. The number of halogens is 1. The largest absolute Gasteiger partial charge is 0.494 e. The van der Waals surface area contributed by atoms with Crippen molar-refractivity contribution >= 4 is 31.7 Å². The third-order valence-electron chi connectivity index (χ3n) is 4.73. The minimum atomic E-state index is -3.12. The summed E-state index contributed by atoms with van der Waals surface area (Å²) in [6.07, 6.45) is 2.47. The fourth-order valence-electron chi connectivity index (χ4n) is 3.19. The zero-order valence-electron chi connectivity index (χ0n) is 15.8. The standard InChI is InChI=1S/C20H24BrNO5S/c1-2-3-11-26-17-6-4-15(5-7-17)20(23)22(13-18-8-9-19(21)27-18)16-10-12-28(24,25)14-16/h4-9,16H,2-3,10-14H2,1H3/t16-/m0/s1. The van der Waals surface area contributed by atoms with Crippen LogP contribution in [0.25, 0.3) is 0 Å². The van der Waals surface area contributed by atoms with Crippen LogP contribution in [0.5, 0.6) is 5.75 Å². The van der Waals surface area contributed by atoms with Gasteiger partial charge in [-0.2, -0.15) is 0 Å². The Balaban J connectivity index is 1.77. The molecule has 6 nitrogen and oxygen atoms in total. The highest BCUT2D eigenvalue weighted by molar-refractivity contribution is 9.10. The van der Waals surface area contributed by atoms with Crippen LogP contribution < -0.4 is 4.74 Å². The first-order chi connectivity index (χ1) is 13.4. The molecule has 152 valence electrons. The number of furan rings is 1. The molecule has 0 radical (unpaired) electrons. The molecule has 1 fully saturated rings. The van der Waals surface area contributed by atoms with Crippen molar-refractivity contribution in [2.45, 2.75) is 38.8 Å². The molecule has 28 heavy (non-hydrogen) atoms. The van der Waals surface area contributed by atoms with Crippen LogP contribution in [0.2, 0.25) is 0 Å². The van der Waals surface area contributed by atoms with Crippen LogP contribution in [0.4, 0.5) is 0 Å². The first-order valence-corrected chi connectivity index (χ1v) is 12.0. The first kappa shape index (κ1) is 20.9. The number of sulfone groups is 1. The molecule has 0 N–H and O–H groups in total. The van der Waals surface area contributed by atoms with Crippen molar-refractivity contribution in [2.24, 2.45) is 0 Å². The van der Waals surface area contributed by atoms with E-state index >= 15 is 0 Å². The van der Waals surface area contributed by atoms with Crippen molar-refractivity contribution in [3.8, 4) is 5.75 Å². The molecule has 2 aromatic rings. The van der Waals surface area contributed by atoms with Crippen LogP contribution in [-0.2, 0) is 16.4 Å². The second-order valence-corrected chi connectivity index (χ2v) is 9.93. The zero-order valence-corrected chi connectivity index (χ0v) is 18.2. The van der Waals surface area contributed by atoms with E-state index in [9.17, 15) is 13.2 Å². The molecule has 0 bridgehead atoms. The number of unbranched alkanes of at least 4 members (excludes halogenated alkanes) is 1. The molecule has 0 saturated carbocycles. The van der Waals surface area contributed by atoms with E-state index in [1.807, 2.05) is 0 Å². The van der Waals surface area contributed by atoms with Crippen molar-refractivity contribution in [1.82, 2.24) is 4.90 Å². The van der Waals surface area contributed by atoms with Crippen molar-refractivity contribution in [3.63, 3.8) is 0 Å². The molecule has 1 atom stereocenters. The molecule has 0 unspecified atom stereocenters. The minimum Gasteiger partial charge on any atom is -0.494 e. The topological polar surface area (TPSA) is 76.8 Å². The van der Waals surface area contributed by atoms with Gasteiger partial charge in [-0.1, -0.05) is 13.3 Å². The quantitative estimate of drug-likeness (QED) is 0.544. The first-order valence-electron chi connectivity index (χ1n) is 9.36. The Morgan fingerprint density at radius 2 is 2.00 bits per heavy atom. The Labute approximate surface area is 173 Å². The Morgan fingerprint density at radius 3 is 2.57 bits per heavy atom. The zero-order chi connectivity index (χ0) is 20.1. The minimum absolute atomic E-state index is 0.0150. The maximum absolute atomic E-state index is 13.2. The van der Waals surface area contributed by atoms with E-state index in [0.717, 1.165) is 18.6 Å². The van der Waals surface area contributed by atoms with Gasteiger partial charge in [0.05, 0.1) is 24.7 Å². The van der Waals surface area contributed by atoms with Gasteiger partial charge < -0.3 is 14.1 Å². The fraction of sp³-hybridized carbons (Fsp3) is 0.450. The second kappa shape index (κ2) is 9.13. The lowest BCUT2D eigenvalue weighted by atomic mass is 10.1. The number of carbonyl (C=O) groups is 1. The maximum atomic E-state index is 13.2.